The second-order valence-corrected chi connectivity index (χ2v) is 7.24. The van der Waals surface area contributed by atoms with Crippen molar-refractivity contribution in [1.29, 1.82) is 0 Å². The number of rotatable bonds is 6. The van der Waals surface area contributed by atoms with Crippen LogP contribution in [-0.4, -0.2) is 19.1 Å². The van der Waals surface area contributed by atoms with Gasteiger partial charge in [0.1, 0.15) is 13.2 Å². The summed E-state index contributed by atoms with van der Waals surface area (Å²) < 4.78 is 11.2. The SMILES string of the molecule is C[C@@H](NC(=O)c1ccccc1CCc1ccccc1)c1ccc2c(c1)OCCO2. The molecule has 3 aromatic carbocycles. The summed E-state index contributed by atoms with van der Waals surface area (Å²) in [6.45, 7) is 3.10. The maximum absolute atomic E-state index is 13.0. The number of benzene rings is 3. The second-order valence-electron chi connectivity index (χ2n) is 7.24. The van der Waals surface area contributed by atoms with Gasteiger partial charge in [-0.15, -0.1) is 0 Å². The van der Waals surface area contributed by atoms with Gasteiger partial charge in [-0.25, -0.2) is 0 Å². The Morgan fingerprint density at radius 2 is 1.62 bits per heavy atom. The van der Waals surface area contributed by atoms with Crippen molar-refractivity contribution in [3.8, 4) is 11.5 Å². The van der Waals surface area contributed by atoms with Crippen LogP contribution in [0.15, 0.2) is 72.8 Å². The third-order valence-corrected chi connectivity index (χ3v) is 5.20. The highest BCUT2D eigenvalue weighted by atomic mass is 16.6. The Hall–Kier alpha value is -3.27. The summed E-state index contributed by atoms with van der Waals surface area (Å²) in [5.74, 6) is 1.43. The molecule has 1 aliphatic heterocycles. The molecule has 148 valence electrons. The summed E-state index contributed by atoms with van der Waals surface area (Å²) in [6.07, 6.45) is 1.73. The number of carbonyl (C=O) groups is 1. The average molecular weight is 387 g/mol. The molecule has 1 heterocycles. The smallest absolute Gasteiger partial charge is 0.252 e. The molecule has 0 aromatic heterocycles. The minimum absolute atomic E-state index is 0.0592. The molecule has 0 bridgehead atoms. The lowest BCUT2D eigenvalue weighted by atomic mass is 9.99. The third-order valence-electron chi connectivity index (χ3n) is 5.20. The Morgan fingerprint density at radius 1 is 0.897 bits per heavy atom. The lowest BCUT2D eigenvalue weighted by Crippen LogP contribution is -2.27. The van der Waals surface area contributed by atoms with Crippen LogP contribution in [0.1, 0.15) is 40.0 Å². The van der Waals surface area contributed by atoms with Crippen molar-refractivity contribution in [3.63, 3.8) is 0 Å². The van der Waals surface area contributed by atoms with Gasteiger partial charge in [0, 0.05) is 5.56 Å². The highest BCUT2D eigenvalue weighted by molar-refractivity contribution is 5.96. The highest BCUT2D eigenvalue weighted by Gasteiger charge is 2.17. The van der Waals surface area contributed by atoms with Crippen LogP contribution in [0.25, 0.3) is 0 Å². The van der Waals surface area contributed by atoms with E-state index in [0.717, 1.165) is 41.0 Å². The van der Waals surface area contributed by atoms with E-state index in [4.69, 9.17) is 9.47 Å². The number of hydrogen-bond donors (Lipinski definition) is 1. The van der Waals surface area contributed by atoms with Crippen molar-refractivity contribution in [1.82, 2.24) is 5.32 Å². The van der Waals surface area contributed by atoms with E-state index in [1.54, 1.807) is 0 Å². The quantitative estimate of drug-likeness (QED) is 0.665. The van der Waals surface area contributed by atoms with Crippen LogP contribution in [0.4, 0.5) is 0 Å². The van der Waals surface area contributed by atoms with E-state index in [2.05, 4.69) is 17.4 Å². The predicted octanol–water partition coefficient (Wildman–Crippen LogP) is 4.73. The van der Waals surface area contributed by atoms with Crippen LogP contribution in [0.2, 0.25) is 0 Å². The largest absolute Gasteiger partial charge is 0.486 e. The molecule has 0 saturated carbocycles. The number of amides is 1. The van der Waals surface area contributed by atoms with E-state index in [1.165, 1.54) is 5.56 Å². The van der Waals surface area contributed by atoms with E-state index >= 15 is 0 Å². The number of aryl methyl sites for hydroxylation is 2. The van der Waals surface area contributed by atoms with Crippen LogP contribution in [0.5, 0.6) is 11.5 Å². The van der Waals surface area contributed by atoms with Gasteiger partial charge < -0.3 is 14.8 Å². The van der Waals surface area contributed by atoms with Gasteiger partial charge in [0.15, 0.2) is 11.5 Å². The average Bonchev–Trinajstić information content (AvgIpc) is 2.78. The molecule has 3 aromatic rings. The minimum atomic E-state index is -0.138. The summed E-state index contributed by atoms with van der Waals surface area (Å²) in [7, 11) is 0. The minimum Gasteiger partial charge on any atom is -0.486 e. The number of ether oxygens (including phenoxy) is 2. The van der Waals surface area contributed by atoms with Crippen molar-refractivity contribution in [2.45, 2.75) is 25.8 Å². The molecule has 4 heteroatoms. The van der Waals surface area contributed by atoms with Crippen LogP contribution in [0.3, 0.4) is 0 Å². The number of nitrogens with one attached hydrogen (secondary N) is 1. The Kier molecular flexibility index (Phi) is 5.80. The Morgan fingerprint density at radius 3 is 2.45 bits per heavy atom. The first-order valence-corrected chi connectivity index (χ1v) is 10.0. The molecule has 4 rings (SSSR count). The van der Waals surface area contributed by atoms with Crippen molar-refractivity contribution in [3.05, 3.63) is 95.1 Å². The van der Waals surface area contributed by atoms with Gasteiger partial charge in [-0.3, -0.25) is 4.79 Å². The number of hydrogen-bond acceptors (Lipinski definition) is 3. The molecule has 1 amide bonds. The van der Waals surface area contributed by atoms with Gasteiger partial charge in [-0.1, -0.05) is 54.6 Å². The molecular formula is C25H25NO3. The van der Waals surface area contributed by atoms with E-state index in [0.29, 0.717) is 13.2 Å². The van der Waals surface area contributed by atoms with Gasteiger partial charge in [0.2, 0.25) is 0 Å². The maximum Gasteiger partial charge on any atom is 0.252 e. The molecule has 0 spiro atoms. The maximum atomic E-state index is 13.0. The fourth-order valence-corrected chi connectivity index (χ4v) is 3.57. The lowest BCUT2D eigenvalue weighted by molar-refractivity contribution is 0.0938. The highest BCUT2D eigenvalue weighted by Crippen LogP contribution is 2.32. The summed E-state index contributed by atoms with van der Waals surface area (Å²) in [6, 6.07) is 23.9. The molecule has 0 saturated heterocycles. The molecule has 29 heavy (non-hydrogen) atoms. The predicted molar refractivity (Wildman–Crippen MR) is 114 cm³/mol. The van der Waals surface area contributed by atoms with Crippen LogP contribution in [-0.2, 0) is 12.8 Å². The van der Waals surface area contributed by atoms with Crippen LogP contribution >= 0.6 is 0 Å². The summed E-state index contributed by atoms with van der Waals surface area (Å²) in [5, 5.41) is 3.12. The van der Waals surface area contributed by atoms with E-state index in [-0.39, 0.29) is 11.9 Å². The van der Waals surface area contributed by atoms with Gasteiger partial charge in [0.05, 0.1) is 6.04 Å². The first kappa shape index (κ1) is 19.1. The van der Waals surface area contributed by atoms with Gasteiger partial charge in [-0.2, -0.15) is 0 Å². The van der Waals surface area contributed by atoms with E-state index in [9.17, 15) is 4.79 Å². The molecule has 1 N–H and O–H groups in total. The Balaban J connectivity index is 1.45. The van der Waals surface area contributed by atoms with E-state index in [1.807, 2.05) is 67.6 Å². The zero-order valence-corrected chi connectivity index (χ0v) is 16.6. The van der Waals surface area contributed by atoms with Gasteiger partial charge >= 0.3 is 0 Å². The molecule has 1 atom stereocenters. The molecule has 0 unspecified atom stereocenters. The standard InChI is InChI=1S/C25H25NO3/c1-18(21-13-14-23-24(17-21)29-16-15-28-23)26-25(27)22-10-6-5-9-20(22)12-11-19-7-3-2-4-8-19/h2-10,13-14,17-18H,11-12,15-16H2,1H3,(H,26,27)/t18-/m1/s1. The first-order valence-electron chi connectivity index (χ1n) is 10.0. The summed E-state index contributed by atoms with van der Waals surface area (Å²) >= 11 is 0. The van der Waals surface area contributed by atoms with Crippen molar-refractivity contribution < 1.29 is 14.3 Å². The Labute approximate surface area is 171 Å². The van der Waals surface area contributed by atoms with Gasteiger partial charge in [-0.05, 0) is 54.7 Å². The van der Waals surface area contributed by atoms with E-state index < -0.39 is 0 Å². The molecule has 4 nitrogen and oxygen atoms in total. The van der Waals surface area contributed by atoms with Gasteiger partial charge in [0.25, 0.3) is 5.91 Å². The topological polar surface area (TPSA) is 47.6 Å². The third kappa shape index (κ3) is 4.60. The molecule has 1 aliphatic rings. The molecule has 0 fully saturated rings. The normalized spacial score (nSPS) is 13.6. The first-order chi connectivity index (χ1) is 14.2. The molecular weight excluding hydrogens is 362 g/mol. The lowest BCUT2D eigenvalue weighted by Gasteiger charge is -2.21. The van der Waals surface area contributed by atoms with Crippen LogP contribution < -0.4 is 14.8 Å². The monoisotopic (exact) mass is 387 g/mol. The fourth-order valence-electron chi connectivity index (χ4n) is 3.57. The zero-order chi connectivity index (χ0) is 20.1. The fraction of sp³-hybridized carbons (Fsp3) is 0.240. The van der Waals surface area contributed by atoms with Crippen molar-refractivity contribution >= 4 is 5.91 Å². The Bertz CT molecular complexity index is 984. The molecule has 0 aliphatic carbocycles. The zero-order valence-electron chi connectivity index (χ0n) is 16.6. The number of fused-ring (bicyclic) bond motifs is 1. The van der Waals surface area contributed by atoms with Crippen molar-refractivity contribution in [2.24, 2.45) is 0 Å². The number of carbonyl (C=O) groups excluding carboxylic acids is 1. The second kappa shape index (κ2) is 8.82. The molecule has 0 radical (unpaired) electrons. The summed E-state index contributed by atoms with van der Waals surface area (Å²) in [4.78, 5) is 13.0. The summed E-state index contributed by atoms with van der Waals surface area (Å²) in [5.41, 5.74) is 4.05. The van der Waals surface area contributed by atoms with Crippen molar-refractivity contribution in [2.75, 3.05) is 13.2 Å². The van der Waals surface area contributed by atoms with Crippen LogP contribution in [0, 0.1) is 0 Å².